The third kappa shape index (κ3) is 4.29. The van der Waals surface area contributed by atoms with E-state index < -0.39 is 10.0 Å². The Morgan fingerprint density at radius 2 is 2.20 bits per heavy atom. The molecule has 0 aromatic carbocycles. The molecule has 0 amide bonds. The first-order valence-corrected chi connectivity index (χ1v) is 7.19. The Kier molecular flexibility index (Phi) is 4.72. The number of hydrogen-bond acceptors (Lipinski definition) is 4. The predicted molar refractivity (Wildman–Crippen MR) is 63.5 cm³/mol. The van der Waals surface area contributed by atoms with Crippen molar-refractivity contribution in [3.05, 3.63) is 22.4 Å². The number of nitrogens with one attached hydrogen (secondary N) is 1. The molecule has 1 rings (SSSR count). The fourth-order valence-electron chi connectivity index (χ4n) is 1.01. The van der Waals surface area contributed by atoms with Crippen molar-refractivity contribution in [3.8, 4) is 0 Å². The van der Waals surface area contributed by atoms with Crippen LogP contribution in [0.15, 0.2) is 16.8 Å². The van der Waals surface area contributed by atoms with Crippen LogP contribution in [0, 0.1) is 0 Å². The molecule has 0 saturated heterocycles. The highest BCUT2D eigenvalue weighted by Gasteiger charge is 2.12. The van der Waals surface area contributed by atoms with Crippen LogP contribution in [0.3, 0.4) is 0 Å². The lowest BCUT2D eigenvalue weighted by atomic mass is 10.3. The molecular weight excluding hydrogens is 232 g/mol. The first-order valence-electron chi connectivity index (χ1n) is 4.64. The minimum absolute atomic E-state index is 0.143. The molecule has 1 heterocycles. The summed E-state index contributed by atoms with van der Waals surface area (Å²) in [5.74, 6) is 0.143. The molecule has 0 spiro atoms. The van der Waals surface area contributed by atoms with Crippen molar-refractivity contribution in [2.24, 2.45) is 0 Å². The molecule has 86 valence electrons. The highest BCUT2D eigenvalue weighted by Crippen LogP contribution is 2.04. The second-order valence-electron chi connectivity index (χ2n) is 3.41. The minimum Gasteiger partial charge on any atom is -0.312 e. The van der Waals surface area contributed by atoms with Crippen molar-refractivity contribution >= 4 is 21.4 Å². The molecular formula is C9H16N2O2S2. The smallest absolute Gasteiger partial charge is 0.214 e. The summed E-state index contributed by atoms with van der Waals surface area (Å²) in [6.45, 7) is 1.21. The number of nitrogens with zero attached hydrogens (tertiary/aromatic N) is 1. The van der Waals surface area contributed by atoms with E-state index >= 15 is 0 Å². The maximum atomic E-state index is 11.4. The topological polar surface area (TPSA) is 49.4 Å². The Balaban J connectivity index is 2.23. The molecule has 4 nitrogen and oxygen atoms in total. The van der Waals surface area contributed by atoms with Crippen LogP contribution in [0.1, 0.15) is 5.56 Å². The molecule has 0 unspecified atom stereocenters. The average molecular weight is 248 g/mol. The van der Waals surface area contributed by atoms with Gasteiger partial charge in [0.15, 0.2) is 0 Å². The second kappa shape index (κ2) is 5.60. The zero-order chi connectivity index (χ0) is 11.3. The molecule has 0 aliphatic rings. The van der Waals surface area contributed by atoms with Gasteiger partial charge in [-0.2, -0.15) is 11.3 Å². The zero-order valence-electron chi connectivity index (χ0n) is 8.93. The van der Waals surface area contributed by atoms with E-state index in [1.54, 1.807) is 25.4 Å². The zero-order valence-corrected chi connectivity index (χ0v) is 10.6. The van der Waals surface area contributed by atoms with Gasteiger partial charge in [0.25, 0.3) is 0 Å². The maximum absolute atomic E-state index is 11.4. The van der Waals surface area contributed by atoms with Gasteiger partial charge in [-0.1, -0.05) is 0 Å². The van der Waals surface area contributed by atoms with E-state index in [1.165, 1.54) is 9.87 Å². The first kappa shape index (κ1) is 12.6. The lowest BCUT2D eigenvalue weighted by Gasteiger charge is -2.11. The molecule has 1 aromatic heterocycles. The number of hydrogen-bond donors (Lipinski definition) is 1. The van der Waals surface area contributed by atoms with Crippen molar-refractivity contribution in [2.45, 2.75) is 6.54 Å². The van der Waals surface area contributed by atoms with Gasteiger partial charge in [0, 0.05) is 27.2 Å². The van der Waals surface area contributed by atoms with Gasteiger partial charge in [-0.3, -0.25) is 0 Å². The molecule has 0 bridgehead atoms. The second-order valence-corrected chi connectivity index (χ2v) is 6.49. The summed E-state index contributed by atoms with van der Waals surface area (Å²) in [4.78, 5) is 0. The monoisotopic (exact) mass is 248 g/mol. The Labute approximate surface area is 95.0 Å². The number of rotatable bonds is 6. The van der Waals surface area contributed by atoms with E-state index in [9.17, 15) is 8.42 Å². The fourth-order valence-corrected chi connectivity index (χ4v) is 2.45. The molecule has 0 saturated carbocycles. The summed E-state index contributed by atoms with van der Waals surface area (Å²) in [5, 5.41) is 7.16. The lowest BCUT2D eigenvalue weighted by Crippen LogP contribution is -2.30. The highest BCUT2D eigenvalue weighted by molar-refractivity contribution is 7.89. The van der Waals surface area contributed by atoms with E-state index in [2.05, 4.69) is 5.32 Å². The van der Waals surface area contributed by atoms with E-state index in [1.807, 2.05) is 16.8 Å². The van der Waals surface area contributed by atoms with E-state index in [4.69, 9.17) is 0 Å². The molecule has 0 fully saturated rings. The molecule has 1 N–H and O–H groups in total. The van der Waals surface area contributed by atoms with Gasteiger partial charge in [-0.05, 0) is 22.4 Å². The van der Waals surface area contributed by atoms with Crippen LogP contribution < -0.4 is 5.32 Å². The Morgan fingerprint density at radius 3 is 2.73 bits per heavy atom. The Morgan fingerprint density at radius 1 is 1.47 bits per heavy atom. The van der Waals surface area contributed by atoms with Crippen LogP contribution in [0.5, 0.6) is 0 Å². The fraction of sp³-hybridized carbons (Fsp3) is 0.556. The molecule has 0 aliphatic carbocycles. The maximum Gasteiger partial charge on any atom is 0.214 e. The van der Waals surface area contributed by atoms with Crippen LogP contribution in [0.2, 0.25) is 0 Å². The van der Waals surface area contributed by atoms with E-state index in [0.717, 1.165) is 6.54 Å². The number of sulfonamides is 1. The summed E-state index contributed by atoms with van der Waals surface area (Å²) >= 11 is 1.64. The molecule has 15 heavy (non-hydrogen) atoms. The molecule has 0 aliphatic heterocycles. The normalized spacial score (nSPS) is 12.2. The summed E-state index contributed by atoms with van der Waals surface area (Å²) < 4.78 is 24.0. The van der Waals surface area contributed by atoms with Gasteiger partial charge in [0.1, 0.15) is 0 Å². The average Bonchev–Trinajstić information content (AvgIpc) is 2.64. The van der Waals surface area contributed by atoms with Gasteiger partial charge >= 0.3 is 0 Å². The van der Waals surface area contributed by atoms with Gasteiger partial charge in [-0.25, -0.2) is 12.7 Å². The van der Waals surface area contributed by atoms with Crippen LogP contribution in [-0.2, 0) is 16.6 Å². The predicted octanol–water partition coefficient (Wildman–Crippen LogP) is 0.729. The van der Waals surface area contributed by atoms with Gasteiger partial charge in [0.2, 0.25) is 10.0 Å². The molecule has 6 heteroatoms. The van der Waals surface area contributed by atoms with Crippen LogP contribution in [0.4, 0.5) is 0 Å². The largest absolute Gasteiger partial charge is 0.312 e. The van der Waals surface area contributed by atoms with Crippen molar-refractivity contribution in [1.82, 2.24) is 9.62 Å². The summed E-state index contributed by atoms with van der Waals surface area (Å²) in [6.07, 6.45) is 0. The van der Waals surface area contributed by atoms with Crippen LogP contribution in [-0.4, -0.2) is 39.1 Å². The lowest BCUT2D eigenvalue weighted by molar-refractivity contribution is 0.517. The quantitative estimate of drug-likeness (QED) is 0.755. The molecule has 1 aromatic rings. The standard InChI is InChI=1S/C9H16N2O2S2/c1-11(2)15(12,13)6-4-10-7-9-3-5-14-8-9/h3,5,8,10H,4,6-7H2,1-2H3. The SMILES string of the molecule is CN(C)S(=O)(=O)CCNCc1ccsc1. The van der Waals surface area contributed by atoms with E-state index in [-0.39, 0.29) is 5.75 Å². The third-order valence-corrected chi connectivity index (χ3v) is 4.57. The van der Waals surface area contributed by atoms with Crippen LogP contribution >= 0.6 is 11.3 Å². The van der Waals surface area contributed by atoms with Crippen LogP contribution in [0.25, 0.3) is 0 Å². The summed E-state index contributed by atoms with van der Waals surface area (Å²) in [7, 11) is 0.0338. The first-order chi connectivity index (χ1) is 7.02. The molecule has 0 radical (unpaired) electrons. The van der Waals surface area contributed by atoms with Gasteiger partial charge in [0.05, 0.1) is 5.75 Å². The minimum atomic E-state index is -3.07. The Hall–Kier alpha value is -0.430. The number of thiophene rings is 1. The van der Waals surface area contributed by atoms with Crippen molar-refractivity contribution in [1.29, 1.82) is 0 Å². The third-order valence-electron chi connectivity index (χ3n) is 2.00. The summed E-state index contributed by atoms with van der Waals surface area (Å²) in [6, 6.07) is 2.03. The summed E-state index contributed by atoms with van der Waals surface area (Å²) in [5.41, 5.74) is 1.20. The van der Waals surface area contributed by atoms with Crippen molar-refractivity contribution in [2.75, 3.05) is 26.4 Å². The highest BCUT2D eigenvalue weighted by atomic mass is 32.2. The van der Waals surface area contributed by atoms with Gasteiger partial charge in [-0.15, -0.1) is 0 Å². The van der Waals surface area contributed by atoms with Gasteiger partial charge < -0.3 is 5.32 Å². The Bertz CT molecular complexity index is 371. The van der Waals surface area contributed by atoms with Crippen molar-refractivity contribution < 1.29 is 8.42 Å². The molecule has 0 atom stereocenters. The van der Waals surface area contributed by atoms with Crippen molar-refractivity contribution in [3.63, 3.8) is 0 Å². The van der Waals surface area contributed by atoms with E-state index in [0.29, 0.717) is 6.54 Å².